The van der Waals surface area contributed by atoms with Crippen LogP contribution in [-0.2, 0) is 0 Å². The fourth-order valence-electron chi connectivity index (χ4n) is 2.65. The van der Waals surface area contributed by atoms with E-state index in [0.717, 1.165) is 42.7 Å². The van der Waals surface area contributed by atoms with Crippen LogP contribution in [0.1, 0.15) is 23.3 Å². The van der Waals surface area contributed by atoms with Gasteiger partial charge in [-0.05, 0) is 25.0 Å². The largest absolute Gasteiger partial charge is 0.369 e. The minimum absolute atomic E-state index is 0.341. The Balaban J connectivity index is 2.18. The van der Waals surface area contributed by atoms with E-state index in [1.165, 1.54) is 0 Å². The van der Waals surface area contributed by atoms with E-state index in [1.807, 2.05) is 18.2 Å². The van der Waals surface area contributed by atoms with Crippen LogP contribution >= 0.6 is 0 Å². The first-order valence-corrected chi connectivity index (χ1v) is 6.71. The third-order valence-electron chi connectivity index (χ3n) is 3.55. The topological polar surface area (TPSA) is 72.1 Å². The van der Waals surface area contributed by atoms with Gasteiger partial charge in [0.25, 0.3) is 5.91 Å². The normalized spacial score (nSPS) is 14.5. The minimum atomic E-state index is -0.488. The number of aromatic nitrogens is 2. The Morgan fingerprint density at radius 2 is 2.00 bits per heavy atom. The van der Waals surface area contributed by atoms with Crippen molar-refractivity contribution in [3.8, 4) is 11.1 Å². The van der Waals surface area contributed by atoms with Crippen LogP contribution in [0.25, 0.3) is 11.1 Å². The zero-order chi connectivity index (χ0) is 13.9. The molecule has 102 valence electrons. The van der Waals surface area contributed by atoms with Crippen LogP contribution in [0.5, 0.6) is 0 Å². The maximum absolute atomic E-state index is 11.7. The van der Waals surface area contributed by atoms with E-state index >= 15 is 0 Å². The van der Waals surface area contributed by atoms with Crippen molar-refractivity contribution in [3.05, 3.63) is 42.5 Å². The number of carbonyl (C=O) groups is 1. The molecule has 0 saturated carbocycles. The lowest BCUT2D eigenvalue weighted by Crippen LogP contribution is -2.25. The van der Waals surface area contributed by atoms with Crippen LogP contribution in [0, 0.1) is 0 Å². The number of hydrogen-bond donors (Lipinski definition) is 1. The van der Waals surface area contributed by atoms with Crippen LogP contribution in [0.3, 0.4) is 0 Å². The predicted molar refractivity (Wildman–Crippen MR) is 77.4 cm³/mol. The molecule has 1 amide bonds. The first-order valence-electron chi connectivity index (χ1n) is 6.71. The highest BCUT2D eigenvalue weighted by atomic mass is 16.1. The number of primary amides is 1. The second-order valence-electron chi connectivity index (χ2n) is 4.86. The van der Waals surface area contributed by atoms with Crippen LogP contribution in [0.15, 0.2) is 36.8 Å². The van der Waals surface area contributed by atoms with E-state index in [1.54, 1.807) is 18.6 Å². The van der Waals surface area contributed by atoms with E-state index in [4.69, 9.17) is 5.73 Å². The van der Waals surface area contributed by atoms with E-state index in [-0.39, 0.29) is 0 Å². The lowest BCUT2D eigenvalue weighted by molar-refractivity contribution is 0.0996. The number of nitrogens with two attached hydrogens (primary N) is 1. The van der Waals surface area contributed by atoms with Gasteiger partial charge in [0, 0.05) is 42.8 Å². The molecular weight excluding hydrogens is 252 g/mol. The first-order chi connectivity index (χ1) is 9.77. The molecule has 0 radical (unpaired) electrons. The van der Waals surface area contributed by atoms with E-state index in [2.05, 4.69) is 14.9 Å². The molecule has 2 aromatic heterocycles. The average molecular weight is 268 g/mol. The fourth-order valence-corrected chi connectivity index (χ4v) is 2.65. The molecule has 0 aromatic carbocycles. The van der Waals surface area contributed by atoms with E-state index in [0.29, 0.717) is 5.69 Å². The summed E-state index contributed by atoms with van der Waals surface area (Å²) in [6.07, 6.45) is 7.40. The monoisotopic (exact) mass is 268 g/mol. The second kappa shape index (κ2) is 5.28. The number of anilines is 1. The van der Waals surface area contributed by atoms with Crippen molar-refractivity contribution in [2.75, 3.05) is 18.0 Å². The summed E-state index contributed by atoms with van der Waals surface area (Å²) < 4.78 is 0. The maximum atomic E-state index is 11.7. The molecule has 20 heavy (non-hydrogen) atoms. The lowest BCUT2D eigenvalue weighted by atomic mass is 10.0. The third-order valence-corrected chi connectivity index (χ3v) is 3.55. The Bertz CT molecular complexity index is 621. The van der Waals surface area contributed by atoms with Crippen LogP contribution in [0.4, 0.5) is 5.69 Å². The predicted octanol–water partition coefficient (Wildman–Crippen LogP) is 1.84. The summed E-state index contributed by atoms with van der Waals surface area (Å²) in [5.74, 6) is -0.488. The second-order valence-corrected chi connectivity index (χ2v) is 4.86. The molecule has 2 N–H and O–H groups in total. The van der Waals surface area contributed by atoms with Gasteiger partial charge in [-0.15, -0.1) is 0 Å². The highest BCUT2D eigenvalue weighted by molar-refractivity contribution is 6.00. The first kappa shape index (κ1) is 12.6. The molecule has 0 unspecified atom stereocenters. The van der Waals surface area contributed by atoms with Crippen molar-refractivity contribution in [3.63, 3.8) is 0 Å². The SMILES string of the molecule is NC(=O)c1nccc(-c2cccnc2)c1N1CCCC1. The number of nitrogens with zero attached hydrogens (tertiary/aromatic N) is 3. The number of pyridine rings is 2. The van der Waals surface area contributed by atoms with Crippen molar-refractivity contribution < 1.29 is 4.79 Å². The molecule has 5 heteroatoms. The van der Waals surface area contributed by atoms with Gasteiger partial charge in [-0.2, -0.15) is 0 Å². The summed E-state index contributed by atoms with van der Waals surface area (Å²) in [6, 6.07) is 5.78. The van der Waals surface area contributed by atoms with Gasteiger partial charge in [-0.25, -0.2) is 4.98 Å². The van der Waals surface area contributed by atoms with Crippen molar-refractivity contribution >= 4 is 11.6 Å². The van der Waals surface area contributed by atoms with Gasteiger partial charge in [-0.3, -0.25) is 9.78 Å². The molecule has 1 saturated heterocycles. The molecule has 3 rings (SSSR count). The summed E-state index contributed by atoms with van der Waals surface area (Å²) in [5.41, 5.74) is 8.60. The van der Waals surface area contributed by atoms with Gasteiger partial charge in [0.2, 0.25) is 0 Å². The highest BCUT2D eigenvalue weighted by Gasteiger charge is 2.23. The Hall–Kier alpha value is -2.43. The van der Waals surface area contributed by atoms with Gasteiger partial charge >= 0.3 is 0 Å². The van der Waals surface area contributed by atoms with E-state index in [9.17, 15) is 4.79 Å². The van der Waals surface area contributed by atoms with Crippen molar-refractivity contribution in [1.29, 1.82) is 0 Å². The smallest absolute Gasteiger partial charge is 0.269 e. The lowest BCUT2D eigenvalue weighted by Gasteiger charge is -2.23. The van der Waals surface area contributed by atoms with Crippen molar-refractivity contribution in [2.45, 2.75) is 12.8 Å². The zero-order valence-corrected chi connectivity index (χ0v) is 11.1. The summed E-state index contributed by atoms with van der Waals surface area (Å²) in [4.78, 5) is 22.2. The molecule has 1 aliphatic rings. The van der Waals surface area contributed by atoms with Gasteiger partial charge in [0.1, 0.15) is 0 Å². The number of hydrogen-bond acceptors (Lipinski definition) is 4. The molecule has 0 atom stereocenters. The minimum Gasteiger partial charge on any atom is -0.369 e. The quantitative estimate of drug-likeness (QED) is 0.922. The highest BCUT2D eigenvalue weighted by Crippen LogP contribution is 2.34. The van der Waals surface area contributed by atoms with Crippen molar-refractivity contribution in [1.82, 2.24) is 9.97 Å². The van der Waals surface area contributed by atoms with Crippen LogP contribution in [0.2, 0.25) is 0 Å². The summed E-state index contributed by atoms with van der Waals surface area (Å²) >= 11 is 0. The zero-order valence-electron chi connectivity index (χ0n) is 11.1. The van der Waals surface area contributed by atoms with Crippen molar-refractivity contribution in [2.24, 2.45) is 5.73 Å². The number of amides is 1. The standard InChI is InChI=1S/C15H16N4O/c16-15(20)13-14(19-8-1-2-9-19)12(5-7-18-13)11-4-3-6-17-10-11/h3-7,10H,1-2,8-9H2,(H2,16,20). The molecule has 5 nitrogen and oxygen atoms in total. The van der Waals surface area contributed by atoms with Crippen LogP contribution < -0.4 is 10.6 Å². The summed E-state index contributed by atoms with van der Waals surface area (Å²) in [5, 5.41) is 0. The molecule has 0 bridgehead atoms. The van der Waals surface area contributed by atoms with Gasteiger partial charge < -0.3 is 10.6 Å². The van der Waals surface area contributed by atoms with Gasteiger partial charge in [-0.1, -0.05) is 6.07 Å². The Morgan fingerprint density at radius 1 is 1.20 bits per heavy atom. The average Bonchev–Trinajstić information content (AvgIpc) is 3.01. The molecule has 3 heterocycles. The Morgan fingerprint density at radius 3 is 2.65 bits per heavy atom. The summed E-state index contributed by atoms with van der Waals surface area (Å²) in [6.45, 7) is 1.86. The molecule has 0 spiro atoms. The molecule has 0 aliphatic carbocycles. The molecular formula is C15H16N4O. The van der Waals surface area contributed by atoms with Gasteiger partial charge in [0.05, 0.1) is 5.69 Å². The van der Waals surface area contributed by atoms with Gasteiger partial charge in [0.15, 0.2) is 5.69 Å². The fraction of sp³-hybridized carbons (Fsp3) is 0.267. The molecule has 1 aliphatic heterocycles. The van der Waals surface area contributed by atoms with E-state index < -0.39 is 5.91 Å². The number of carbonyl (C=O) groups excluding carboxylic acids is 1. The molecule has 1 fully saturated rings. The Labute approximate surface area is 117 Å². The van der Waals surface area contributed by atoms with Crippen LogP contribution in [-0.4, -0.2) is 29.0 Å². The summed E-state index contributed by atoms with van der Waals surface area (Å²) in [7, 11) is 0. The molecule has 2 aromatic rings. The third kappa shape index (κ3) is 2.22. The maximum Gasteiger partial charge on any atom is 0.269 e. The number of rotatable bonds is 3. The Kier molecular flexibility index (Phi) is 3.33.